The molecule has 1 aliphatic heterocycles. The smallest absolute Gasteiger partial charge is 0.276 e. The Morgan fingerprint density at radius 2 is 1.94 bits per heavy atom. The molecule has 1 saturated heterocycles. The van der Waals surface area contributed by atoms with Crippen molar-refractivity contribution in [1.29, 1.82) is 0 Å². The SMILES string of the molecule is Cc1cc(-c2ccc(C(=O)N(C)c3ccc(CN4CCN[C@@H](C)C4)cc3)nc2)ccn1. The number of pyridine rings is 2. The molecule has 2 aromatic heterocycles. The zero-order valence-corrected chi connectivity index (χ0v) is 18.4. The first-order valence-electron chi connectivity index (χ1n) is 10.7. The molecule has 0 unspecified atom stereocenters. The fourth-order valence-corrected chi connectivity index (χ4v) is 3.94. The zero-order valence-electron chi connectivity index (χ0n) is 18.4. The number of piperazine rings is 1. The van der Waals surface area contributed by atoms with Crippen LogP contribution in [0, 0.1) is 6.92 Å². The number of carbonyl (C=O) groups is 1. The Kier molecular flexibility index (Phi) is 6.39. The van der Waals surface area contributed by atoms with Crippen LogP contribution in [0.5, 0.6) is 0 Å². The summed E-state index contributed by atoms with van der Waals surface area (Å²) >= 11 is 0. The van der Waals surface area contributed by atoms with Gasteiger partial charge in [0.1, 0.15) is 5.69 Å². The number of nitrogens with one attached hydrogen (secondary N) is 1. The fourth-order valence-electron chi connectivity index (χ4n) is 3.94. The minimum atomic E-state index is -0.124. The van der Waals surface area contributed by atoms with Crippen LogP contribution < -0.4 is 10.2 Å². The van der Waals surface area contributed by atoms with Gasteiger partial charge >= 0.3 is 0 Å². The molecule has 3 heterocycles. The number of hydrogen-bond donors (Lipinski definition) is 1. The molecule has 0 saturated carbocycles. The first-order valence-corrected chi connectivity index (χ1v) is 10.7. The Labute approximate surface area is 183 Å². The second kappa shape index (κ2) is 9.37. The second-order valence-corrected chi connectivity index (χ2v) is 8.24. The van der Waals surface area contributed by atoms with E-state index in [1.807, 2.05) is 37.3 Å². The highest BCUT2D eigenvalue weighted by Crippen LogP contribution is 2.21. The summed E-state index contributed by atoms with van der Waals surface area (Å²) in [5.41, 5.74) is 5.51. The highest BCUT2D eigenvalue weighted by atomic mass is 16.2. The highest BCUT2D eigenvalue weighted by Gasteiger charge is 2.17. The van der Waals surface area contributed by atoms with E-state index >= 15 is 0 Å². The number of carbonyl (C=O) groups excluding carboxylic acids is 1. The fraction of sp³-hybridized carbons (Fsp3) is 0.320. The van der Waals surface area contributed by atoms with Crippen LogP contribution >= 0.6 is 0 Å². The van der Waals surface area contributed by atoms with Gasteiger partial charge in [-0.1, -0.05) is 18.2 Å². The molecule has 0 radical (unpaired) electrons. The monoisotopic (exact) mass is 415 g/mol. The summed E-state index contributed by atoms with van der Waals surface area (Å²) in [6.07, 6.45) is 3.53. The summed E-state index contributed by atoms with van der Waals surface area (Å²) in [4.78, 5) is 25.7. The lowest BCUT2D eigenvalue weighted by atomic mass is 10.1. The first kappa shape index (κ1) is 21.2. The molecule has 1 aliphatic rings. The summed E-state index contributed by atoms with van der Waals surface area (Å²) in [5, 5.41) is 3.47. The minimum absolute atomic E-state index is 0.124. The van der Waals surface area contributed by atoms with Crippen LogP contribution in [0.3, 0.4) is 0 Å². The number of aromatic nitrogens is 2. The third-order valence-electron chi connectivity index (χ3n) is 5.70. The molecule has 0 bridgehead atoms. The molecule has 0 spiro atoms. The van der Waals surface area contributed by atoms with Crippen molar-refractivity contribution in [3.63, 3.8) is 0 Å². The molecule has 4 rings (SSSR count). The van der Waals surface area contributed by atoms with Gasteiger partial charge in [-0.2, -0.15) is 0 Å². The van der Waals surface area contributed by atoms with Crippen molar-refractivity contribution < 1.29 is 4.79 Å². The molecular formula is C25H29N5O. The molecular weight excluding hydrogens is 386 g/mol. The topological polar surface area (TPSA) is 61.4 Å². The maximum atomic E-state index is 12.9. The van der Waals surface area contributed by atoms with Crippen molar-refractivity contribution in [2.75, 3.05) is 31.6 Å². The van der Waals surface area contributed by atoms with E-state index in [0.717, 1.165) is 48.7 Å². The summed E-state index contributed by atoms with van der Waals surface area (Å²) in [5.74, 6) is -0.124. The zero-order chi connectivity index (χ0) is 21.8. The number of amides is 1. The van der Waals surface area contributed by atoms with Gasteiger partial charge in [-0.3, -0.25) is 19.7 Å². The predicted molar refractivity (Wildman–Crippen MR) is 124 cm³/mol. The molecule has 3 aromatic rings. The molecule has 0 aliphatic carbocycles. The average molecular weight is 416 g/mol. The third-order valence-corrected chi connectivity index (χ3v) is 5.70. The van der Waals surface area contributed by atoms with E-state index < -0.39 is 0 Å². The van der Waals surface area contributed by atoms with Crippen molar-refractivity contribution in [1.82, 2.24) is 20.2 Å². The van der Waals surface area contributed by atoms with Gasteiger partial charge in [0.2, 0.25) is 0 Å². The van der Waals surface area contributed by atoms with Crippen molar-refractivity contribution in [2.45, 2.75) is 26.4 Å². The van der Waals surface area contributed by atoms with Crippen molar-refractivity contribution in [2.24, 2.45) is 0 Å². The van der Waals surface area contributed by atoms with E-state index in [-0.39, 0.29) is 5.91 Å². The Bertz CT molecular complexity index is 1030. The Balaban J connectivity index is 1.41. The van der Waals surface area contributed by atoms with Gasteiger partial charge in [0.05, 0.1) is 0 Å². The Morgan fingerprint density at radius 3 is 2.61 bits per heavy atom. The summed E-state index contributed by atoms with van der Waals surface area (Å²) in [6.45, 7) is 8.25. The molecule has 1 atom stereocenters. The van der Waals surface area contributed by atoms with Crippen LogP contribution in [-0.4, -0.2) is 53.5 Å². The maximum absolute atomic E-state index is 12.9. The van der Waals surface area contributed by atoms with Crippen LogP contribution in [0.15, 0.2) is 60.9 Å². The van der Waals surface area contributed by atoms with Crippen molar-refractivity contribution >= 4 is 11.6 Å². The number of nitrogens with zero attached hydrogens (tertiary/aromatic N) is 4. The summed E-state index contributed by atoms with van der Waals surface area (Å²) < 4.78 is 0. The van der Waals surface area contributed by atoms with Gasteiger partial charge < -0.3 is 10.2 Å². The minimum Gasteiger partial charge on any atom is -0.312 e. The molecule has 1 amide bonds. The lowest BCUT2D eigenvalue weighted by Crippen LogP contribution is -2.48. The normalized spacial score (nSPS) is 16.8. The molecule has 160 valence electrons. The Hall–Kier alpha value is -3.09. The second-order valence-electron chi connectivity index (χ2n) is 8.24. The molecule has 6 nitrogen and oxygen atoms in total. The average Bonchev–Trinajstić information content (AvgIpc) is 2.79. The van der Waals surface area contributed by atoms with E-state index in [2.05, 4.69) is 39.2 Å². The molecule has 1 aromatic carbocycles. The van der Waals surface area contributed by atoms with E-state index in [1.54, 1.807) is 30.4 Å². The largest absolute Gasteiger partial charge is 0.312 e. The number of anilines is 1. The van der Waals surface area contributed by atoms with Gasteiger partial charge in [-0.25, -0.2) is 0 Å². The molecule has 1 N–H and O–H groups in total. The van der Waals surface area contributed by atoms with Gasteiger partial charge in [-0.15, -0.1) is 0 Å². The maximum Gasteiger partial charge on any atom is 0.276 e. The number of rotatable bonds is 5. The van der Waals surface area contributed by atoms with Gasteiger partial charge in [0, 0.05) is 68.6 Å². The predicted octanol–water partition coefficient (Wildman–Crippen LogP) is 3.52. The quantitative estimate of drug-likeness (QED) is 0.691. The van der Waals surface area contributed by atoms with E-state index in [4.69, 9.17) is 0 Å². The Morgan fingerprint density at radius 1 is 1.13 bits per heavy atom. The third kappa shape index (κ3) is 5.16. The van der Waals surface area contributed by atoms with Crippen LogP contribution in [-0.2, 0) is 6.54 Å². The number of benzene rings is 1. The van der Waals surface area contributed by atoms with Crippen LogP contribution in [0.4, 0.5) is 5.69 Å². The van der Waals surface area contributed by atoms with E-state index in [0.29, 0.717) is 11.7 Å². The van der Waals surface area contributed by atoms with Crippen LogP contribution in [0.1, 0.15) is 28.7 Å². The number of aryl methyl sites for hydroxylation is 1. The molecule has 1 fully saturated rings. The van der Waals surface area contributed by atoms with Crippen LogP contribution in [0.25, 0.3) is 11.1 Å². The van der Waals surface area contributed by atoms with E-state index in [9.17, 15) is 4.79 Å². The van der Waals surface area contributed by atoms with E-state index in [1.165, 1.54) is 5.56 Å². The highest BCUT2D eigenvalue weighted by molar-refractivity contribution is 6.04. The lowest BCUT2D eigenvalue weighted by molar-refractivity contribution is 0.0988. The van der Waals surface area contributed by atoms with Crippen molar-refractivity contribution in [3.8, 4) is 11.1 Å². The summed E-state index contributed by atoms with van der Waals surface area (Å²) in [7, 11) is 1.79. The lowest BCUT2D eigenvalue weighted by Gasteiger charge is -2.31. The van der Waals surface area contributed by atoms with Crippen LogP contribution in [0.2, 0.25) is 0 Å². The van der Waals surface area contributed by atoms with Gasteiger partial charge in [0.15, 0.2) is 0 Å². The molecule has 31 heavy (non-hydrogen) atoms. The standard InChI is InChI=1S/C25H29N5O/c1-18-14-21(10-11-26-18)22-6-9-24(28-15-22)25(31)29(3)23-7-4-20(5-8-23)17-30-13-12-27-19(2)16-30/h4-11,14-15,19,27H,12-13,16-17H2,1-3H3/t19-/m0/s1. The first-order chi connectivity index (χ1) is 15.0. The van der Waals surface area contributed by atoms with Gasteiger partial charge in [-0.05, 0) is 55.3 Å². The van der Waals surface area contributed by atoms with Crippen molar-refractivity contribution in [3.05, 3.63) is 77.9 Å². The summed E-state index contributed by atoms with van der Waals surface area (Å²) in [6, 6.07) is 16.4. The molecule has 6 heteroatoms. The number of hydrogen-bond acceptors (Lipinski definition) is 5. The van der Waals surface area contributed by atoms with Gasteiger partial charge in [0.25, 0.3) is 5.91 Å².